The number of aliphatic imine (C=N–C) groups is 1. The first-order chi connectivity index (χ1) is 7.45. The van der Waals surface area contributed by atoms with Gasteiger partial charge in [-0.3, -0.25) is 4.99 Å². The van der Waals surface area contributed by atoms with E-state index in [1.807, 2.05) is 21.0 Å². The van der Waals surface area contributed by atoms with Crippen LogP contribution >= 0.6 is 0 Å². The Morgan fingerprint density at radius 2 is 2.25 bits per heavy atom. The van der Waals surface area contributed by atoms with Gasteiger partial charge in [-0.1, -0.05) is 13.5 Å². The van der Waals surface area contributed by atoms with Crippen LogP contribution in [0.4, 0.5) is 0 Å². The predicted molar refractivity (Wildman–Crippen MR) is 68.4 cm³/mol. The molecule has 0 saturated heterocycles. The van der Waals surface area contributed by atoms with Crippen LogP contribution in [0.15, 0.2) is 17.1 Å². The van der Waals surface area contributed by atoms with Gasteiger partial charge in [-0.2, -0.15) is 0 Å². The predicted octanol–water partition coefficient (Wildman–Crippen LogP) is -0.365. The highest BCUT2D eigenvalue weighted by atomic mass is 16.3. The van der Waals surface area contributed by atoms with Crippen LogP contribution in [0.25, 0.3) is 0 Å². The summed E-state index contributed by atoms with van der Waals surface area (Å²) in [5, 5.41) is 12.2. The average molecular weight is 228 g/mol. The number of nitrogens with one attached hydrogen (secondary N) is 1. The molecule has 5 heteroatoms. The Kier molecular flexibility index (Phi) is 7.80. The third kappa shape index (κ3) is 7.39. The van der Waals surface area contributed by atoms with Gasteiger partial charge in [-0.25, -0.2) is 0 Å². The molecule has 0 aliphatic carbocycles. The van der Waals surface area contributed by atoms with E-state index in [9.17, 15) is 0 Å². The highest BCUT2D eigenvalue weighted by molar-refractivity contribution is 5.54. The molecule has 0 bridgehead atoms. The van der Waals surface area contributed by atoms with Gasteiger partial charge in [-0.05, 0) is 19.7 Å². The summed E-state index contributed by atoms with van der Waals surface area (Å²) in [5.41, 5.74) is 5.92. The van der Waals surface area contributed by atoms with Crippen LogP contribution in [0.5, 0.6) is 0 Å². The van der Waals surface area contributed by atoms with Crippen molar-refractivity contribution in [3.05, 3.63) is 12.2 Å². The number of aliphatic hydroxyl groups excluding tert-OH is 1. The molecular weight excluding hydrogens is 204 g/mol. The molecule has 0 aromatic rings. The minimum absolute atomic E-state index is 0.0897. The lowest BCUT2D eigenvalue weighted by atomic mass is 10.0. The molecule has 0 aliphatic rings. The van der Waals surface area contributed by atoms with Crippen LogP contribution in [0.3, 0.4) is 0 Å². The molecule has 2 atom stereocenters. The van der Waals surface area contributed by atoms with Crippen molar-refractivity contribution in [2.45, 2.75) is 13.2 Å². The van der Waals surface area contributed by atoms with E-state index in [1.165, 1.54) is 0 Å². The molecule has 0 radical (unpaired) electrons. The Morgan fingerprint density at radius 3 is 2.75 bits per heavy atom. The zero-order chi connectivity index (χ0) is 12.6. The maximum Gasteiger partial charge on any atom is 0.124 e. The summed E-state index contributed by atoms with van der Waals surface area (Å²) in [6, 6.07) is 0. The number of hydrogen-bond acceptors (Lipinski definition) is 4. The van der Waals surface area contributed by atoms with Crippen LogP contribution in [0, 0.1) is 5.92 Å². The average Bonchev–Trinajstić information content (AvgIpc) is 2.21. The van der Waals surface area contributed by atoms with Crippen molar-refractivity contribution < 1.29 is 5.11 Å². The number of nitrogens with two attached hydrogens (primary N) is 1. The first kappa shape index (κ1) is 15.1. The quantitative estimate of drug-likeness (QED) is 0.174. The van der Waals surface area contributed by atoms with Crippen molar-refractivity contribution in [3.8, 4) is 0 Å². The van der Waals surface area contributed by atoms with Crippen molar-refractivity contribution in [1.82, 2.24) is 10.2 Å². The van der Waals surface area contributed by atoms with Gasteiger partial charge in [0, 0.05) is 25.6 Å². The monoisotopic (exact) mass is 228 g/mol. The maximum absolute atomic E-state index is 9.10. The van der Waals surface area contributed by atoms with Crippen LogP contribution in [-0.4, -0.2) is 56.3 Å². The maximum atomic E-state index is 9.10. The highest BCUT2D eigenvalue weighted by Crippen LogP contribution is 2.09. The molecule has 2 unspecified atom stereocenters. The largest absolute Gasteiger partial charge is 0.375 e. The number of nitrogens with zero attached hydrogens (tertiary/aromatic N) is 2. The van der Waals surface area contributed by atoms with E-state index in [1.54, 1.807) is 6.34 Å². The molecule has 4 N–H and O–H groups in total. The molecule has 0 saturated carbocycles. The molecule has 0 spiro atoms. The standard InChI is InChI=1S/C11H24N4O/c1-9(10(2)11(12)16)7-14-8-13-5-6-15(3)4/h8-9,11,16H,2,5-7,12H2,1,3-4H3,(H,13,14). The number of aliphatic hydroxyl groups is 1. The van der Waals surface area contributed by atoms with Crippen molar-refractivity contribution in [2.24, 2.45) is 16.6 Å². The Balaban J connectivity index is 3.63. The van der Waals surface area contributed by atoms with Crippen molar-refractivity contribution in [3.63, 3.8) is 0 Å². The molecule has 0 rings (SSSR count). The minimum atomic E-state index is -0.952. The van der Waals surface area contributed by atoms with Gasteiger partial charge >= 0.3 is 0 Å². The van der Waals surface area contributed by atoms with Crippen LogP contribution in [0.2, 0.25) is 0 Å². The van der Waals surface area contributed by atoms with Gasteiger partial charge in [0.05, 0.1) is 6.34 Å². The molecular formula is C11H24N4O. The van der Waals surface area contributed by atoms with Crippen molar-refractivity contribution in [1.29, 1.82) is 0 Å². The van der Waals surface area contributed by atoms with E-state index in [0.717, 1.165) is 13.1 Å². The fourth-order valence-corrected chi connectivity index (χ4v) is 1.04. The van der Waals surface area contributed by atoms with Gasteiger partial charge in [0.1, 0.15) is 6.23 Å². The number of likely N-dealkylation sites (N-methyl/N-ethyl adjacent to an activating group) is 1. The lowest BCUT2D eigenvalue weighted by molar-refractivity contribution is 0.207. The fourth-order valence-electron chi connectivity index (χ4n) is 1.04. The van der Waals surface area contributed by atoms with Gasteiger partial charge in [0.15, 0.2) is 0 Å². The number of rotatable bonds is 8. The third-order valence-electron chi connectivity index (χ3n) is 2.28. The highest BCUT2D eigenvalue weighted by Gasteiger charge is 2.10. The summed E-state index contributed by atoms with van der Waals surface area (Å²) in [7, 11) is 4.04. The molecule has 0 amide bonds. The second kappa shape index (κ2) is 8.27. The van der Waals surface area contributed by atoms with Crippen molar-refractivity contribution >= 4 is 6.34 Å². The van der Waals surface area contributed by atoms with Gasteiger partial charge < -0.3 is 21.1 Å². The molecule has 16 heavy (non-hydrogen) atoms. The summed E-state index contributed by atoms with van der Waals surface area (Å²) in [4.78, 5) is 6.28. The zero-order valence-corrected chi connectivity index (χ0v) is 10.5. The SMILES string of the molecule is C=C(C(N)O)C(C)CN=CNCCN(C)C. The molecule has 0 aromatic carbocycles. The first-order valence-corrected chi connectivity index (χ1v) is 5.44. The van der Waals surface area contributed by atoms with E-state index in [2.05, 4.69) is 21.8 Å². The van der Waals surface area contributed by atoms with Gasteiger partial charge in [-0.15, -0.1) is 0 Å². The Bertz CT molecular complexity index is 226. The second-order valence-corrected chi connectivity index (χ2v) is 4.17. The molecule has 0 aliphatic heterocycles. The smallest absolute Gasteiger partial charge is 0.124 e. The van der Waals surface area contributed by atoms with Crippen molar-refractivity contribution in [2.75, 3.05) is 33.7 Å². The van der Waals surface area contributed by atoms with Gasteiger partial charge in [0.25, 0.3) is 0 Å². The summed E-state index contributed by atoms with van der Waals surface area (Å²) in [6.07, 6.45) is 0.739. The summed E-state index contributed by atoms with van der Waals surface area (Å²) in [6.45, 7) is 8.08. The zero-order valence-electron chi connectivity index (χ0n) is 10.5. The Morgan fingerprint density at radius 1 is 1.62 bits per heavy atom. The minimum Gasteiger partial charge on any atom is -0.375 e. The molecule has 0 fully saturated rings. The van der Waals surface area contributed by atoms with E-state index < -0.39 is 6.23 Å². The second-order valence-electron chi connectivity index (χ2n) is 4.17. The third-order valence-corrected chi connectivity index (χ3v) is 2.28. The Labute approximate surface area is 98.0 Å². The van der Waals surface area contributed by atoms with E-state index in [-0.39, 0.29) is 5.92 Å². The lowest BCUT2D eigenvalue weighted by Gasteiger charge is -2.14. The van der Waals surface area contributed by atoms with Crippen LogP contribution in [-0.2, 0) is 0 Å². The topological polar surface area (TPSA) is 73.9 Å². The number of hydrogen-bond donors (Lipinski definition) is 3. The van der Waals surface area contributed by atoms with E-state index in [4.69, 9.17) is 10.8 Å². The first-order valence-electron chi connectivity index (χ1n) is 5.44. The van der Waals surface area contributed by atoms with Crippen LogP contribution in [0.1, 0.15) is 6.92 Å². The van der Waals surface area contributed by atoms with Gasteiger partial charge in [0.2, 0.25) is 0 Å². The molecule has 0 heterocycles. The molecule has 94 valence electrons. The fraction of sp³-hybridized carbons (Fsp3) is 0.727. The van der Waals surface area contributed by atoms with Crippen LogP contribution < -0.4 is 11.1 Å². The Hall–Kier alpha value is -0.910. The normalized spacial score (nSPS) is 15.4. The lowest BCUT2D eigenvalue weighted by Crippen LogP contribution is -2.27. The van der Waals surface area contributed by atoms with E-state index in [0.29, 0.717) is 12.1 Å². The van der Waals surface area contributed by atoms with E-state index >= 15 is 0 Å². The summed E-state index contributed by atoms with van der Waals surface area (Å²) < 4.78 is 0. The summed E-state index contributed by atoms with van der Waals surface area (Å²) in [5.74, 6) is 0.0897. The summed E-state index contributed by atoms with van der Waals surface area (Å²) >= 11 is 0. The molecule has 5 nitrogen and oxygen atoms in total. The molecule has 0 aromatic heterocycles.